The van der Waals surface area contributed by atoms with Gasteiger partial charge in [0.1, 0.15) is 39.9 Å². The molecule has 8 aliphatic rings. The quantitative estimate of drug-likeness (QED) is 0.0229. The molecular weight excluding hydrogens is 1300 g/mol. The van der Waals surface area contributed by atoms with E-state index in [-0.39, 0.29) is 152 Å². The number of hydrogen-bond donors (Lipinski definition) is 1. The van der Waals surface area contributed by atoms with Crippen molar-refractivity contribution in [2.75, 3.05) is 33.8 Å². The monoisotopic (exact) mass is 1410 g/mol. The standard InChI is InChI=1S/C82H111Cl3O13/c1-54(27-33-74(87)93-49-82(83,84)85)64-29-31-67-77-69(44-73(80(64,67)5)97-53-92-48-59-25-17-10-18-26-59)79(4)38-36-63(40-61(79)42-71(77)95-51-90-46-57-21-13-8-14-22-57)98-75(88)34-28-55(2)65-30-32-66-76-68(43-72(81(65,66)6)96-52-91-47-58-23-15-9-16-24-58)78(3)37-35-62(86)39-60(78)41-70(76)94-50-89-45-56-19-11-7-12-20-56/h7-26,54-55,60-73,76-77,86H,27-53H2,1-6H3/t54-,55-,60+,61+,62-,63-,64-,65-,66+,67+,68+,69+,70-,71-,72+,73+,76+,77+,78+,79+,80-,81-/m1/s1. The van der Waals surface area contributed by atoms with Crippen molar-refractivity contribution in [3.63, 3.8) is 0 Å². The topological polar surface area (TPSA) is 147 Å². The van der Waals surface area contributed by atoms with Crippen molar-refractivity contribution in [1.82, 2.24) is 0 Å². The van der Waals surface area contributed by atoms with E-state index in [0.717, 1.165) is 119 Å². The Morgan fingerprint density at radius 2 is 0.867 bits per heavy atom. The molecule has 4 aromatic carbocycles. The van der Waals surface area contributed by atoms with Crippen molar-refractivity contribution in [2.24, 2.45) is 92.7 Å². The number of alkyl halides is 3. The predicted octanol–water partition coefficient (Wildman–Crippen LogP) is 18.0. The second-order valence-electron chi connectivity index (χ2n) is 32.2. The van der Waals surface area contributed by atoms with E-state index in [1.54, 1.807) is 0 Å². The van der Waals surface area contributed by atoms with Crippen LogP contribution in [-0.4, -0.2) is 91.2 Å². The molecule has 0 amide bonds. The predicted molar refractivity (Wildman–Crippen MR) is 380 cm³/mol. The average Bonchev–Trinajstić information content (AvgIpc) is 1.35. The Balaban J connectivity index is 0.743. The van der Waals surface area contributed by atoms with E-state index >= 15 is 0 Å². The highest BCUT2D eigenvalue weighted by Gasteiger charge is 2.69. The van der Waals surface area contributed by atoms with Gasteiger partial charge in [-0.15, -0.1) is 0 Å². The SMILES string of the molecule is C[C@H](CCC(=O)O[C@@H]1CC[C@@]2(C)[C@@H](C1)C[C@@H](OCOCc1ccccc1)[C@@H]1[C@@H]2C[C@H](OCOCc2ccccc2)[C@]2(C)[C@@H]([C@H](C)CCC(=O)OCC(Cl)(Cl)Cl)CC[C@@H]12)[C@H]1CC[C@H]2[C@@H]3[C@H](OCOCc4ccccc4)C[C@@H]4C[C@H](O)CC[C@]4(C)[C@H]3C[C@H](OCOCc3ccccc3)[C@]12C. The molecule has 538 valence electrons. The number of carbonyl (C=O) groups is 2. The summed E-state index contributed by atoms with van der Waals surface area (Å²) in [5.74, 6) is 2.80. The van der Waals surface area contributed by atoms with Crippen LogP contribution in [0.1, 0.15) is 179 Å². The van der Waals surface area contributed by atoms with Crippen LogP contribution in [-0.2, 0) is 83.4 Å². The molecule has 0 spiro atoms. The van der Waals surface area contributed by atoms with Crippen LogP contribution in [0.4, 0.5) is 0 Å². The van der Waals surface area contributed by atoms with Gasteiger partial charge in [0.2, 0.25) is 3.79 Å². The first-order valence-electron chi connectivity index (χ1n) is 37.3. The fraction of sp³-hybridized carbons (Fsp3) is 0.683. The molecular formula is C82H111Cl3O13. The zero-order chi connectivity index (χ0) is 68.7. The van der Waals surface area contributed by atoms with Gasteiger partial charge in [-0.25, -0.2) is 0 Å². The average molecular weight is 1410 g/mol. The Hall–Kier alpha value is -3.67. The first-order chi connectivity index (χ1) is 47.2. The number of halogens is 3. The number of aliphatic hydroxyl groups excluding tert-OH is 1. The first-order valence-corrected chi connectivity index (χ1v) is 38.4. The summed E-state index contributed by atoms with van der Waals surface area (Å²) in [6.45, 7) is 17.0. The lowest BCUT2D eigenvalue weighted by molar-refractivity contribution is -0.252. The third-order valence-electron chi connectivity index (χ3n) is 27.1. The molecule has 0 aliphatic heterocycles. The summed E-state index contributed by atoms with van der Waals surface area (Å²) in [5.41, 5.74) is 3.94. The first kappa shape index (κ1) is 74.1. The van der Waals surface area contributed by atoms with Crippen LogP contribution in [0.5, 0.6) is 0 Å². The van der Waals surface area contributed by atoms with Gasteiger partial charge in [0.15, 0.2) is 0 Å². The minimum atomic E-state index is -1.67. The Bertz CT molecular complexity index is 3150. The number of hydrogen-bond acceptors (Lipinski definition) is 13. The number of ether oxygens (including phenoxy) is 10. The number of carbonyl (C=O) groups excluding carboxylic acids is 2. The number of aliphatic hydroxyl groups is 1. The molecule has 0 heterocycles. The minimum Gasteiger partial charge on any atom is -0.462 e. The number of rotatable bonds is 30. The van der Waals surface area contributed by atoms with Gasteiger partial charge in [-0.3, -0.25) is 9.59 Å². The molecule has 8 fully saturated rings. The molecule has 0 radical (unpaired) electrons. The van der Waals surface area contributed by atoms with Gasteiger partial charge in [-0.1, -0.05) is 198 Å². The van der Waals surface area contributed by atoms with Gasteiger partial charge >= 0.3 is 11.9 Å². The summed E-state index contributed by atoms with van der Waals surface area (Å²) >= 11 is 17.9. The molecule has 4 aromatic rings. The molecule has 0 aromatic heterocycles. The van der Waals surface area contributed by atoms with E-state index < -0.39 is 3.79 Å². The number of esters is 2. The fourth-order valence-electron chi connectivity index (χ4n) is 22.1. The molecule has 0 bridgehead atoms. The van der Waals surface area contributed by atoms with Gasteiger partial charge in [-0.05, 0) is 207 Å². The van der Waals surface area contributed by atoms with Crippen molar-refractivity contribution >= 4 is 46.7 Å². The maximum Gasteiger partial charge on any atom is 0.306 e. The van der Waals surface area contributed by atoms with Crippen LogP contribution in [0.3, 0.4) is 0 Å². The van der Waals surface area contributed by atoms with Crippen LogP contribution < -0.4 is 0 Å². The van der Waals surface area contributed by atoms with E-state index in [0.29, 0.717) is 68.9 Å². The maximum absolute atomic E-state index is 14.7. The molecule has 8 aliphatic carbocycles. The molecule has 98 heavy (non-hydrogen) atoms. The van der Waals surface area contributed by atoms with E-state index in [9.17, 15) is 14.7 Å². The highest BCUT2D eigenvalue weighted by atomic mass is 35.6. The van der Waals surface area contributed by atoms with Gasteiger partial charge < -0.3 is 52.5 Å². The summed E-state index contributed by atoms with van der Waals surface area (Å²) in [5, 5.41) is 11.2. The third kappa shape index (κ3) is 16.8. The van der Waals surface area contributed by atoms with Crippen LogP contribution in [0.25, 0.3) is 0 Å². The normalized spacial score (nSPS) is 36.3. The highest BCUT2D eigenvalue weighted by molar-refractivity contribution is 6.67. The lowest BCUT2D eigenvalue weighted by Crippen LogP contribution is -2.63. The van der Waals surface area contributed by atoms with Crippen molar-refractivity contribution < 1.29 is 62.1 Å². The molecule has 16 heteroatoms. The Kier molecular flexibility index (Phi) is 24.9. The Morgan fingerprint density at radius 3 is 1.29 bits per heavy atom. The highest BCUT2D eigenvalue weighted by Crippen LogP contribution is 2.71. The summed E-state index contributed by atoms with van der Waals surface area (Å²) in [4.78, 5) is 27.7. The molecule has 13 nitrogen and oxygen atoms in total. The second kappa shape index (κ2) is 33.0. The van der Waals surface area contributed by atoms with Crippen molar-refractivity contribution in [3.8, 4) is 0 Å². The van der Waals surface area contributed by atoms with Crippen molar-refractivity contribution in [2.45, 2.75) is 224 Å². The summed E-state index contributed by atoms with van der Waals surface area (Å²) < 4.78 is 64.3. The molecule has 22 atom stereocenters. The van der Waals surface area contributed by atoms with Gasteiger partial charge in [-0.2, -0.15) is 0 Å². The van der Waals surface area contributed by atoms with Crippen LogP contribution >= 0.6 is 34.8 Å². The summed E-state index contributed by atoms with van der Waals surface area (Å²) in [6, 6.07) is 41.1. The van der Waals surface area contributed by atoms with Crippen molar-refractivity contribution in [1.29, 1.82) is 0 Å². The van der Waals surface area contributed by atoms with E-state index in [4.69, 9.17) is 82.2 Å². The van der Waals surface area contributed by atoms with Crippen LogP contribution in [0, 0.1) is 92.7 Å². The van der Waals surface area contributed by atoms with Crippen LogP contribution in [0.2, 0.25) is 0 Å². The Labute approximate surface area is 599 Å². The Morgan fingerprint density at radius 1 is 0.480 bits per heavy atom. The second-order valence-corrected chi connectivity index (χ2v) is 34.7. The molecule has 1 N–H and O–H groups in total. The smallest absolute Gasteiger partial charge is 0.306 e. The van der Waals surface area contributed by atoms with Gasteiger partial charge in [0.05, 0.1) is 56.9 Å². The van der Waals surface area contributed by atoms with Gasteiger partial charge in [0.25, 0.3) is 0 Å². The zero-order valence-electron chi connectivity index (χ0n) is 59.0. The number of fused-ring (bicyclic) bond motifs is 10. The van der Waals surface area contributed by atoms with Gasteiger partial charge in [0, 0.05) is 23.7 Å². The minimum absolute atomic E-state index is 0.00855. The van der Waals surface area contributed by atoms with Crippen LogP contribution in [0.15, 0.2) is 121 Å². The summed E-state index contributed by atoms with van der Waals surface area (Å²) in [7, 11) is 0. The third-order valence-corrected chi connectivity index (χ3v) is 27.4. The largest absolute Gasteiger partial charge is 0.462 e. The molecule has 0 saturated heterocycles. The van der Waals surface area contributed by atoms with E-state index in [2.05, 4.69) is 90.1 Å². The molecule has 12 rings (SSSR count). The maximum atomic E-state index is 14.7. The molecule has 0 unspecified atom stereocenters. The fourth-order valence-corrected chi connectivity index (χ4v) is 22.3. The van der Waals surface area contributed by atoms with Crippen molar-refractivity contribution in [3.05, 3.63) is 144 Å². The summed E-state index contributed by atoms with van der Waals surface area (Å²) in [6.07, 6.45) is 14.0. The number of benzene rings is 4. The van der Waals surface area contributed by atoms with E-state index in [1.165, 1.54) is 0 Å². The van der Waals surface area contributed by atoms with E-state index in [1.807, 2.05) is 72.8 Å². The lowest BCUT2D eigenvalue weighted by Gasteiger charge is -2.64. The lowest BCUT2D eigenvalue weighted by atomic mass is 9.43. The molecule has 8 saturated carbocycles. The zero-order valence-corrected chi connectivity index (χ0v) is 61.3.